The number of hydrogen-bond donors (Lipinski definition) is 1. The van der Waals surface area contributed by atoms with Crippen LogP contribution in [0.2, 0.25) is 0 Å². The molecule has 2 N–H and O–H groups in total. The lowest BCUT2D eigenvalue weighted by Crippen LogP contribution is -2.63. The Morgan fingerprint density at radius 3 is 2.75 bits per heavy atom. The Labute approximate surface area is 124 Å². The highest BCUT2D eigenvalue weighted by molar-refractivity contribution is 5.04. The number of likely N-dealkylation sites (tertiary alicyclic amines) is 1. The molecule has 2 aliphatic rings. The van der Waals surface area contributed by atoms with Crippen LogP contribution >= 0.6 is 0 Å². The zero-order chi connectivity index (χ0) is 14.8. The van der Waals surface area contributed by atoms with E-state index in [1.807, 2.05) is 0 Å². The van der Waals surface area contributed by atoms with E-state index in [-0.39, 0.29) is 11.1 Å². The Morgan fingerprint density at radius 2 is 2.15 bits per heavy atom. The molecule has 0 aromatic carbocycles. The molecule has 20 heavy (non-hydrogen) atoms. The number of nitrogens with two attached hydrogens (primary N) is 1. The molecule has 0 radical (unpaired) electrons. The standard InChI is InChI=1S/C16H33N3O/c1-5-15(2)12-16(13-17,8-10-20-15)19-9-6-7-14(19)11-18(3)4/h14H,5-13,17H2,1-4H3. The summed E-state index contributed by atoms with van der Waals surface area (Å²) in [6, 6.07) is 0.660. The highest BCUT2D eigenvalue weighted by Gasteiger charge is 2.48. The molecule has 0 saturated carbocycles. The zero-order valence-electron chi connectivity index (χ0n) is 13.8. The van der Waals surface area contributed by atoms with Crippen molar-refractivity contribution >= 4 is 0 Å². The third kappa shape index (κ3) is 3.19. The SMILES string of the molecule is CCC1(C)CC(CN)(N2CCCC2CN(C)C)CCO1. The number of ether oxygens (including phenoxy) is 1. The first-order valence-corrected chi connectivity index (χ1v) is 8.20. The lowest BCUT2D eigenvalue weighted by Gasteiger charge is -2.52. The van der Waals surface area contributed by atoms with Gasteiger partial charge < -0.3 is 15.4 Å². The molecule has 4 nitrogen and oxygen atoms in total. The first kappa shape index (κ1) is 16.2. The molecule has 4 heteroatoms. The van der Waals surface area contributed by atoms with Crippen LogP contribution in [0.4, 0.5) is 0 Å². The highest BCUT2D eigenvalue weighted by Crippen LogP contribution is 2.41. The lowest BCUT2D eigenvalue weighted by atomic mass is 9.77. The Morgan fingerprint density at radius 1 is 1.40 bits per heavy atom. The summed E-state index contributed by atoms with van der Waals surface area (Å²) in [5, 5.41) is 0. The van der Waals surface area contributed by atoms with Gasteiger partial charge in [0.25, 0.3) is 0 Å². The predicted octanol–water partition coefficient (Wildman–Crippen LogP) is 1.69. The number of nitrogens with zero attached hydrogens (tertiary/aromatic N) is 2. The van der Waals surface area contributed by atoms with Crippen molar-refractivity contribution in [1.29, 1.82) is 0 Å². The Hall–Kier alpha value is -0.160. The molecule has 0 aromatic heterocycles. The average Bonchev–Trinajstić information content (AvgIpc) is 2.86. The molecular weight excluding hydrogens is 250 g/mol. The average molecular weight is 283 g/mol. The lowest BCUT2D eigenvalue weighted by molar-refractivity contribution is -0.132. The maximum absolute atomic E-state index is 6.28. The summed E-state index contributed by atoms with van der Waals surface area (Å²) in [7, 11) is 4.34. The van der Waals surface area contributed by atoms with Crippen LogP contribution in [0, 0.1) is 0 Å². The van der Waals surface area contributed by atoms with Crippen molar-refractivity contribution in [2.24, 2.45) is 5.73 Å². The third-order valence-electron chi connectivity index (χ3n) is 5.41. The summed E-state index contributed by atoms with van der Waals surface area (Å²) in [6.07, 6.45) is 5.86. The van der Waals surface area contributed by atoms with Gasteiger partial charge in [0.1, 0.15) is 0 Å². The van der Waals surface area contributed by atoms with Crippen molar-refractivity contribution in [3.05, 3.63) is 0 Å². The summed E-state index contributed by atoms with van der Waals surface area (Å²) in [4.78, 5) is 5.04. The maximum Gasteiger partial charge on any atom is 0.0670 e. The molecule has 3 atom stereocenters. The van der Waals surface area contributed by atoms with Crippen LogP contribution in [0.5, 0.6) is 0 Å². The molecule has 0 spiro atoms. The van der Waals surface area contributed by atoms with Gasteiger partial charge in [-0.2, -0.15) is 0 Å². The van der Waals surface area contributed by atoms with Gasteiger partial charge in [0.2, 0.25) is 0 Å². The van der Waals surface area contributed by atoms with Crippen molar-refractivity contribution in [3.8, 4) is 0 Å². The second-order valence-corrected chi connectivity index (χ2v) is 7.26. The second kappa shape index (κ2) is 6.30. The molecule has 0 aliphatic carbocycles. The quantitative estimate of drug-likeness (QED) is 0.834. The Bertz CT molecular complexity index is 323. The minimum atomic E-state index is 0.00285. The van der Waals surface area contributed by atoms with Crippen molar-refractivity contribution in [1.82, 2.24) is 9.80 Å². The molecule has 2 aliphatic heterocycles. The first-order chi connectivity index (χ1) is 9.45. The third-order valence-corrected chi connectivity index (χ3v) is 5.41. The van der Waals surface area contributed by atoms with Crippen molar-refractivity contribution in [2.45, 2.75) is 63.1 Å². The molecule has 2 fully saturated rings. The van der Waals surface area contributed by atoms with Crippen LogP contribution in [-0.2, 0) is 4.74 Å². The topological polar surface area (TPSA) is 41.7 Å². The van der Waals surface area contributed by atoms with Gasteiger partial charge >= 0.3 is 0 Å². The van der Waals surface area contributed by atoms with Gasteiger partial charge in [-0.25, -0.2) is 0 Å². The summed E-state index contributed by atoms with van der Waals surface area (Å²) in [5.41, 5.74) is 6.43. The number of hydrogen-bond acceptors (Lipinski definition) is 4. The summed E-state index contributed by atoms with van der Waals surface area (Å²) < 4.78 is 6.05. The van der Waals surface area contributed by atoms with Gasteiger partial charge in [0.05, 0.1) is 5.60 Å². The molecule has 0 aromatic rings. The summed E-state index contributed by atoms with van der Waals surface area (Å²) in [6.45, 7) is 8.45. The van der Waals surface area contributed by atoms with Gasteiger partial charge in [-0.3, -0.25) is 4.90 Å². The smallest absolute Gasteiger partial charge is 0.0670 e. The predicted molar refractivity (Wildman–Crippen MR) is 83.9 cm³/mol. The van der Waals surface area contributed by atoms with Crippen molar-refractivity contribution in [2.75, 3.05) is 40.3 Å². The molecule has 0 amide bonds. The van der Waals surface area contributed by atoms with E-state index >= 15 is 0 Å². The van der Waals surface area contributed by atoms with E-state index in [0.29, 0.717) is 6.04 Å². The van der Waals surface area contributed by atoms with E-state index < -0.39 is 0 Å². The van der Waals surface area contributed by atoms with Gasteiger partial charge in [-0.15, -0.1) is 0 Å². The molecule has 2 rings (SSSR count). The molecule has 2 heterocycles. The van der Waals surface area contributed by atoms with Gasteiger partial charge in [-0.1, -0.05) is 6.92 Å². The Kier molecular flexibility index (Phi) is 5.11. The van der Waals surface area contributed by atoms with Crippen LogP contribution in [-0.4, -0.2) is 67.3 Å². The fourth-order valence-electron chi connectivity index (χ4n) is 4.16. The van der Waals surface area contributed by atoms with Crippen LogP contribution in [0.15, 0.2) is 0 Å². The minimum Gasteiger partial charge on any atom is -0.375 e. The largest absolute Gasteiger partial charge is 0.375 e. The van der Waals surface area contributed by atoms with Gasteiger partial charge in [0.15, 0.2) is 0 Å². The van der Waals surface area contributed by atoms with Gasteiger partial charge in [0, 0.05) is 31.3 Å². The van der Waals surface area contributed by atoms with Gasteiger partial charge in [-0.05, 0) is 59.7 Å². The summed E-state index contributed by atoms with van der Waals surface area (Å²) in [5.74, 6) is 0. The van der Waals surface area contributed by atoms with Crippen LogP contribution < -0.4 is 5.73 Å². The monoisotopic (exact) mass is 283 g/mol. The zero-order valence-corrected chi connectivity index (χ0v) is 13.8. The van der Waals surface area contributed by atoms with E-state index in [0.717, 1.165) is 39.0 Å². The molecule has 3 unspecified atom stereocenters. The Balaban J connectivity index is 2.17. The normalized spacial score (nSPS) is 39.6. The molecule has 0 bridgehead atoms. The fourth-order valence-corrected chi connectivity index (χ4v) is 4.16. The maximum atomic E-state index is 6.28. The van der Waals surface area contributed by atoms with E-state index in [1.54, 1.807) is 0 Å². The number of rotatable bonds is 5. The second-order valence-electron chi connectivity index (χ2n) is 7.26. The number of likely N-dealkylation sites (N-methyl/N-ethyl adjacent to an activating group) is 1. The van der Waals surface area contributed by atoms with E-state index in [4.69, 9.17) is 10.5 Å². The molecule has 2 saturated heterocycles. The van der Waals surface area contributed by atoms with Crippen LogP contribution in [0.3, 0.4) is 0 Å². The van der Waals surface area contributed by atoms with E-state index in [9.17, 15) is 0 Å². The summed E-state index contributed by atoms with van der Waals surface area (Å²) >= 11 is 0. The molecule has 118 valence electrons. The highest BCUT2D eigenvalue weighted by atomic mass is 16.5. The van der Waals surface area contributed by atoms with E-state index in [2.05, 4.69) is 37.7 Å². The van der Waals surface area contributed by atoms with Crippen molar-refractivity contribution < 1.29 is 4.74 Å². The fraction of sp³-hybridized carbons (Fsp3) is 1.00. The first-order valence-electron chi connectivity index (χ1n) is 8.20. The van der Waals surface area contributed by atoms with E-state index in [1.165, 1.54) is 19.4 Å². The van der Waals surface area contributed by atoms with Crippen LogP contribution in [0.1, 0.15) is 46.0 Å². The minimum absolute atomic E-state index is 0.00285. The van der Waals surface area contributed by atoms with Crippen molar-refractivity contribution in [3.63, 3.8) is 0 Å². The van der Waals surface area contributed by atoms with Crippen LogP contribution in [0.25, 0.3) is 0 Å². The molecular formula is C16H33N3O.